The highest BCUT2D eigenvalue weighted by molar-refractivity contribution is 9.11. The molecule has 2 rings (SSSR count). The zero-order valence-electron chi connectivity index (χ0n) is 8.13. The van der Waals surface area contributed by atoms with Gasteiger partial charge in [0.2, 0.25) is 0 Å². The number of aromatic nitrogens is 1. The van der Waals surface area contributed by atoms with E-state index < -0.39 is 11.6 Å². The van der Waals surface area contributed by atoms with Crippen LogP contribution < -0.4 is 4.74 Å². The average molecular weight is 306 g/mol. The normalized spacial score (nSPS) is 10.5. The van der Waals surface area contributed by atoms with Gasteiger partial charge in [-0.15, -0.1) is 11.3 Å². The van der Waals surface area contributed by atoms with E-state index in [1.165, 1.54) is 30.6 Å². The van der Waals surface area contributed by atoms with Gasteiger partial charge in [0.25, 0.3) is 0 Å². The Labute approximate surface area is 103 Å². The van der Waals surface area contributed by atoms with Crippen molar-refractivity contribution < 1.29 is 13.5 Å². The molecule has 0 radical (unpaired) electrons. The van der Waals surface area contributed by atoms with Crippen LogP contribution in [0.1, 0.15) is 0 Å². The first-order chi connectivity index (χ1) is 7.61. The second-order valence-corrected chi connectivity index (χ2v) is 5.09. The molecule has 16 heavy (non-hydrogen) atoms. The molecule has 0 N–H and O–H groups in total. The van der Waals surface area contributed by atoms with Gasteiger partial charge in [0, 0.05) is 10.9 Å². The Hall–Kier alpha value is -1.01. The molecule has 0 bridgehead atoms. The van der Waals surface area contributed by atoms with Gasteiger partial charge in [0.15, 0.2) is 21.3 Å². The molecule has 84 valence electrons. The van der Waals surface area contributed by atoms with Crippen molar-refractivity contribution in [1.29, 1.82) is 0 Å². The molecule has 0 saturated heterocycles. The number of methoxy groups -OCH3 is 1. The van der Waals surface area contributed by atoms with Crippen LogP contribution in [0.2, 0.25) is 0 Å². The summed E-state index contributed by atoms with van der Waals surface area (Å²) in [6, 6.07) is 2.40. The molecule has 1 heterocycles. The third kappa shape index (κ3) is 2.08. The maximum absolute atomic E-state index is 13.4. The van der Waals surface area contributed by atoms with E-state index in [9.17, 15) is 8.78 Å². The molecule has 0 aliphatic carbocycles. The number of hydrogen-bond donors (Lipinski definition) is 0. The Kier molecular flexibility index (Phi) is 3.20. The lowest BCUT2D eigenvalue weighted by Crippen LogP contribution is -1.93. The first-order valence-corrected chi connectivity index (χ1v) is 5.93. The second kappa shape index (κ2) is 4.47. The molecule has 0 aliphatic rings. The van der Waals surface area contributed by atoms with E-state index in [-0.39, 0.29) is 5.75 Å². The van der Waals surface area contributed by atoms with Crippen molar-refractivity contribution in [1.82, 2.24) is 4.98 Å². The molecule has 1 aromatic heterocycles. The molecule has 0 saturated carbocycles. The van der Waals surface area contributed by atoms with Crippen LogP contribution in [0.25, 0.3) is 11.3 Å². The summed E-state index contributed by atoms with van der Waals surface area (Å²) in [5.74, 6) is -1.85. The van der Waals surface area contributed by atoms with Crippen LogP contribution in [0.5, 0.6) is 5.75 Å². The Morgan fingerprint density at radius 3 is 2.38 bits per heavy atom. The number of rotatable bonds is 2. The van der Waals surface area contributed by atoms with Crippen molar-refractivity contribution in [2.75, 3.05) is 7.11 Å². The first-order valence-electron chi connectivity index (χ1n) is 4.26. The zero-order chi connectivity index (χ0) is 11.7. The molecule has 0 amide bonds. The maximum atomic E-state index is 13.4. The summed E-state index contributed by atoms with van der Waals surface area (Å²) in [7, 11) is 1.22. The maximum Gasteiger partial charge on any atom is 0.190 e. The van der Waals surface area contributed by atoms with Gasteiger partial charge in [-0.2, -0.15) is 0 Å². The van der Waals surface area contributed by atoms with Gasteiger partial charge in [-0.05, 0) is 28.1 Å². The first kappa shape index (κ1) is 11.5. The van der Waals surface area contributed by atoms with Crippen LogP contribution in [-0.2, 0) is 0 Å². The molecule has 0 fully saturated rings. The molecular weight excluding hydrogens is 300 g/mol. The third-order valence-corrected chi connectivity index (χ3v) is 3.34. The molecule has 2 aromatic rings. The van der Waals surface area contributed by atoms with Gasteiger partial charge in [-0.3, -0.25) is 0 Å². The van der Waals surface area contributed by atoms with E-state index in [0.717, 1.165) is 0 Å². The predicted molar refractivity (Wildman–Crippen MR) is 61.7 cm³/mol. The largest absolute Gasteiger partial charge is 0.491 e. The summed E-state index contributed by atoms with van der Waals surface area (Å²) in [5.41, 5.74) is 0.912. The van der Waals surface area contributed by atoms with Gasteiger partial charge in [-0.1, -0.05) is 0 Å². The number of benzene rings is 1. The van der Waals surface area contributed by atoms with E-state index in [1.54, 1.807) is 5.38 Å². The van der Waals surface area contributed by atoms with E-state index in [0.29, 0.717) is 15.2 Å². The summed E-state index contributed by atoms with van der Waals surface area (Å²) in [5, 5.41) is 1.71. The summed E-state index contributed by atoms with van der Waals surface area (Å²) in [6.45, 7) is 0. The molecule has 0 spiro atoms. The Morgan fingerprint density at radius 2 is 1.94 bits per heavy atom. The standard InChI is InChI=1S/C10H6BrF2NOS/c1-15-9-6(12)2-5(3-7(9)13)8-4-16-10(11)14-8/h2-4H,1H3. The third-order valence-electron chi connectivity index (χ3n) is 1.97. The van der Waals surface area contributed by atoms with E-state index in [1.807, 2.05) is 0 Å². The summed E-state index contributed by atoms with van der Waals surface area (Å²) >= 11 is 4.54. The van der Waals surface area contributed by atoms with E-state index in [4.69, 9.17) is 0 Å². The molecule has 6 heteroatoms. The lowest BCUT2D eigenvalue weighted by Gasteiger charge is -2.05. The zero-order valence-corrected chi connectivity index (χ0v) is 10.5. The number of nitrogens with zero attached hydrogens (tertiary/aromatic N) is 1. The van der Waals surface area contributed by atoms with Gasteiger partial charge in [0.1, 0.15) is 0 Å². The van der Waals surface area contributed by atoms with Crippen molar-refractivity contribution in [2.45, 2.75) is 0 Å². The monoisotopic (exact) mass is 305 g/mol. The van der Waals surface area contributed by atoms with Crippen molar-refractivity contribution in [2.24, 2.45) is 0 Å². The van der Waals surface area contributed by atoms with Crippen LogP contribution in [0, 0.1) is 11.6 Å². The van der Waals surface area contributed by atoms with Crippen molar-refractivity contribution in [3.63, 3.8) is 0 Å². The molecular formula is C10H6BrF2NOS. The fraction of sp³-hybridized carbons (Fsp3) is 0.100. The summed E-state index contributed by atoms with van der Waals surface area (Å²) in [4.78, 5) is 4.08. The highest BCUT2D eigenvalue weighted by atomic mass is 79.9. The Bertz CT molecular complexity index is 506. The summed E-state index contributed by atoms with van der Waals surface area (Å²) in [6.07, 6.45) is 0. The molecule has 0 aliphatic heterocycles. The van der Waals surface area contributed by atoms with Crippen LogP contribution >= 0.6 is 27.3 Å². The minimum Gasteiger partial charge on any atom is -0.491 e. The minimum absolute atomic E-state index is 0.377. The smallest absolute Gasteiger partial charge is 0.190 e. The van der Waals surface area contributed by atoms with Gasteiger partial charge >= 0.3 is 0 Å². The number of ether oxygens (including phenoxy) is 1. The quantitative estimate of drug-likeness (QED) is 0.840. The molecule has 0 unspecified atom stereocenters. The Morgan fingerprint density at radius 1 is 1.31 bits per heavy atom. The Balaban J connectivity index is 2.52. The van der Waals surface area contributed by atoms with Gasteiger partial charge in [0.05, 0.1) is 12.8 Å². The topological polar surface area (TPSA) is 22.1 Å². The fourth-order valence-corrected chi connectivity index (χ4v) is 2.31. The van der Waals surface area contributed by atoms with E-state index in [2.05, 4.69) is 25.7 Å². The molecule has 2 nitrogen and oxygen atoms in total. The van der Waals surface area contributed by atoms with Crippen molar-refractivity contribution in [3.05, 3.63) is 33.1 Å². The molecule has 0 atom stereocenters. The summed E-state index contributed by atoms with van der Waals surface area (Å²) < 4.78 is 32.1. The highest BCUT2D eigenvalue weighted by Gasteiger charge is 2.13. The van der Waals surface area contributed by atoms with E-state index >= 15 is 0 Å². The second-order valence-electron chi connectivity index (χ2n) is 2.96. The van der Waals surface area contributed by atoms with Crippen LogP contribution in [0.4, 0.5) is 8.78 Å². The van der Waals surface area contributed by atoms with Crippen molar-refractivity contribution >= 4 is 27.3 Å². The lowest BCUT2D eigenvalue weighted by molar-refractivity contribution is 0.360. The van der Waals surface area contributed by atoms with Crippen LogP contribution in [-0.4, -0.2) is 12.1 Å². The SMILES string of the molecule is COc1c(F)cc(-c2csc(Br)n2)cc1F. The number of hydrogen-bond acceptors (Lipinski definition) is 3. The minimum atomic E-state index is -0.735. The van der Waals surface area contributed by atoms with Crippen LogP contribution in [0.3, 0.4) is 0 Å². The lowest BCUT2D eigenvalue weighted by atomic mass is 10.1. The average Bonchev–Trinajstić information content (AvgIpc) is 2.64. The number of thiazole rings is 1. The predicted octanol–water partition coefficient (Wildman–Crippen LogP) is 3.86. The fourth-order valence-electron chi connectivity index (χ4n) is 1.29. The molecule has 1 aromatic carbocycles. The van der Waals surface area contributed by atoms with Gasteiger partial charge < -0.3 is 4.74 Å². The highest BCUT2D eigenvalue weighted by Crippen LogP contribution is 2.30. The van der Waals surface area contributed by atoms with Crippen LogP contribution in [0.15, 0.2) is 21.4 Å². The van der Waals surface area contributed by atoms with Crippen molar-refractivity contribution in [3.8, 4) is 17.0 Å². The van der Waals surface area contributed by atoms with Gasteiger partial charge in [-0.25, -0.2) is 13.8 Å². The number of halogens is 3.